The lowest BCUT2D eigenvalue weighted by molar-refractivity contribution is 0.210. The lowest BCUT2D eigenvalue weighted by atomic mass is 10.1. The Hall–Kier alpha value is -2.57. The molecule has 0 spiro atoms. The lowest BCUT2D eigenvalue weighted by Crippen LogP contribution is -2.38. The molecule has 2 N–H and O–H groups in total. The first kappa shape index (κ1) is 19.2. The molecule has 1 aliphatic rings. The van der Waals surface area contributed by atoms with Gasteiger partial charge in [0.2, 0.25) is 0 Å². The van der Waals surface area contributed by atoms with Gasteiger partial charge in [-0.05, 0) is 56.7 Å². The van der Waals surface area contributed by atoms with Gasteiger partial charge in [0.05, 0.1) is 6.10 Å². The second-order valence-electron chi connectivity index (χ2n) is 6.84. The normalized spacial score (nSPS) is 15.1. The summed E-state index contributed by atoms with van der Waals surface area (Å²) < 4.78 is 7.76. The predicted octanol–water partition coefficient (Wildman–Crippen LogP) is 2.43. The molecule has 1 heterocycles. The van der Waals surface area contributed by atoms with Crippen LogP contribution in [0.25, 0.3) is 0 Å². The topological polar surface area (TPSA) is 76.4 Å². The van der Waals surface area contributed by atoms with E-state index in [0.29, 0.717) is 12.6 Å². The highest BCUT2D eigenvalue weighted by molar-refractivity contribution is 5.79. The molecule has 3 rings (SSSR count). The molecule has 27 heavy (non-hydrogen) atoms. The lowest BCUT2D eigenvalue weighted by Gasteiger charge is -2.14. The minimum Gasteiger partial charge on any atom is -0.490 e. The molecule has 7 heteroatoms. The quantitative estimate of drug-likeness (QED) is 0.551. The van der Waals surface area contributed by atoms with E-state index in [1.165, 1.54) is 31.2 Å². The van der Waals surface area contributed by atoms with Crippen LogP contribution in [0.5, 0.6) is 5.75 Å². The molecular weight excluding hydrogens is 340 g/mol. The molecule has 1 aromatic heterocycles. The molecule has 0 unspecified atom stereocenters. The van der Waals surface area contributed by atoms with Crippen LogP contribution in [0.15, 0.2) is 35.6 Å². The van der Waals surface area contributed by atoms with Crippen molar-refractivity contribution >= 4 is 5.96 Å². The van der Waals surface area contributed by atoms with Gasteiger partial charge in [-0.25, -0.2) is 9.98 Å². The van der Waals surface area contributed by atoms with Crippen molar-refractivity contribution in [2.45, 2.75) is 51.7 Å². The van der Waals surface area contributed by atoms with E-state index in [4.69, 9.17) is 4.74 Å². The summed E-state index contributed by atoms with van der Waals surface area (Å²) in [5.74, 6) is 2.61. The van der Waals surface area contributed by atoms with Crippen molar-refractivity contribution in [3.63, 3.8) is 0 Å². The monoisotopic (exact) mass is 370 g/mol. The van der Waals surface area contributed by atoms with Crippen LogP contribution >= 0.6 is 0 Å². The van der Waals surface area contributed by atoms with Gasteiger partial charge in [0, 0.05) is 20.1 Å². The molecule has 7 nitrogen and oxygen atoms in total. The van der Waals surface area contributed by atoms with Crippen molar-refractivity contribution in [1.82, 2.24) is 25.4 Å². The van der Waals surface area contributed by atoms with Gasteiger partial charge in [-0.3, -0.25) is 4.68 Å². The number of nitrogens with one attached hydrogen (secondary N) is 2. The standard InChI is InChI=1S/C20H30N6O/c1-3-21-20(23-14-19-24-15-25-26(19)2)22-13-12-16-8-10-18(11-9-16)27-17-6-4-5-7-17/h8-11,15,17H,3-7,12-14H2,1-2H3,(H2,21,22,23). The van der Waals surface area contributed by atoms with Gasteiger partial charge in [-0.2, -0.15) is 5.10 Å². The summed E-state index contributed by atoms with van der Waals surface area (Å²) in [6.07, 6.45) is 7.84. The van der Waals surface area contributed by atoms with Crippen LogP contribution in [0, 0.1) is 0 Å². The number of aryl methyl sites for hydroxylation is 1. The smallest absolute Gasteiger partial charge is 0.191 e. The van der Waals surface area contributed by atoms with Gasteiger partial charge in [0.25, 0.3) is 0 Å². The van der Waals surface area contributed by atoms with Gasteiger partial charge >= 0.3 is 0 Å². The van der Waals surface area contributed by atoms with Gasteiger partial charge in [-0.15, -0.1) is 0 Å². The summed E-state index contributed by atoms with van der Waals surface area (Å²) in [7, 11) is 1.87. The van der Waals surface area contributed by atoms with Gasteiger partial charge < -0.3 is 15.4 Å². The molecule has 0 amide bonds. The molecule has 0 bridgehead atoms. The highest BCUT2D eigenvalue weighted by Crippen LogP contribution is 2.24. The number of hydrogen-bond acceptors (Lipinski definition) is 4. The molecule has 2 aromatic rings. The summed E-state index contributed by atoms with van der Waals surface area (Å²) in [6.45, 7) is 4.19. The van der Waals surface area contributed by atoms with Crippen LogP contribution in [0.3, 0.4) is 0 Å². The Morgan fingerprint density at radius 3 is 2.67 bits per heavy atom. The van der Waals surface area contributed by atoms with E-state index in [9.17, 15) is 0 Å². The number of aromatic nitrogens is 3. The molecule has 0 atom stereocenters. The minimum absolute atomic E-state index is 0.408. The number of guanidine groups is 1. The first-order valence-corrected chi connectivity index (χ1v) is 9.85. The van der Waals surface area contributed by atoms with E-state index >= 15 is 0 Å². The number of benzene rings is 1. The maximum Gasteiger partial charge on any atom is 0.191 e. The molecule has 1 aromatic carbocycles. The Bertz CT molecular complexity index is 718. The average Bonchev–Trinajstić information content (AvgIpc) is 3.33. The summed E-state index contributed by atoms with van der Waals surface area (Å²) in [5, 5.41) is 10.7. The van der Waals surface area contributed by atoms with Crippen molar-refractivity contribution in [2.24, 2.45) is 12.0 Å². The first-order chi connectivity index (χ1) is 13.2. The van der Waals surface area contributed by atoms with Gasteiger partial charge in [0.15, 0.2) is 5.96 Å². The van der Waals surface area contributed by atoms with Crippen LogP contribution < -0.4 is 15.4 Å². The molecule has 0 radical (unpaired) electrons. The summed E-state index contributed by atoms with van der Waals surface area (Å²) in [6, 6.07) is 8.47. The third-order valence-electron chi connectivity index (χ3n) is 4.76. The van der Waals surface area contributed by atoms with Crippen molar-refractivity contribution in [2.75, 3.05) is 13.1 Å². The number of nitrogens with zero attached hydrogens (tertiary/aromatic N) is 4. The van der Waals surface area contributed by atoms with Crippen molar-refractivity contribution in [3.8, 4) is 5.75 Å². The van der Waals surface area contributed by atoms with E-state index in [0.717, 1.165) is 37.0 Å². The van der Waals surface area contributed by atoms with Gasteiger partial charge in [-0.1, -0.05) is 12.1 Å². The van der Waals surface area contributed by atoms with Crippen LogP contribution in [0.2, 0.25) is 0 Å². The van der Waals surface area contributed by atoms with Gasteiger partial charge in [0.1, 0.15) is 24.4 Å². The first-order valence-electron chi connectivity index (χ1n) is 9.85. The van der Waals surface area contributed by atoms with E-state index in [-0.39, 0.29) is 0 Å². The summed E-state index contributed by atoms with van der Waals surface area (Å²) in [5.41, 5.74) is 1.28. The van der Waals surface area contributed by atoms with E-state index in [2.05, 4.69) is 56.9 Å². The zero-order chi connectivity index (χ0) is 18.9. The largest absolute Gasteiger partial charge is 0.490 e. The van der Waals surface area contributed by atoms with Crippen molar-refractivity contribution in [1.29, 1.82) is 0 Å². The summed E-state index contributed by atoms with van der Waals surface area (Å²) >= 11 is 0. The Morgan fingerprint density at radius 1 is 1.22 bits per heavy atom. The third-order valence-corrected chi connectivity index (χ3v) is 4.76. The summed E-state index contributed by atoms with van der Waals surface area (Å²) in [4.78, 5) is 8.77. The van der Waals surface area contributed by atoms with Crippen molar-refractivity contribution in [3.05, 3.63) is 42.0 Å². The predicted molar refractivity (Wildman–Crippen MR) is 107 cm³/mol. The average molecular weight is 371 g/mol. The Balaban J connectivity index is 1.45. The molecule has 1 saturated carbocycles. The van der Waals surface area contributed by atoms with Crippen LogP contribution in [-0.2, 0) is 20.0 Å². The number of aliphatic imine (C=N–C) groups is 1. The fraction of sp³-hybridized carbons (Fsp3) is 0.550. The zero-order valence-corrected chi connectivity index (χ0v) is 16.3. The Kier molecular flexibility index (Phi) is 7.07. The van der Waals surface area contributed by atoms with Crippen LogP contribution in [0.1, 0.15) is 44.0 Å². The van der Waals surface area contributed by atoms with E-state index in [1.54, 1.807) is 11.0 Å². The maximum absolute atomic E-state index is 6.02. The van der Waals surface area contributed by atoms with Crippen LogP contribution in [0.4, 0.5) is 0 Å². The van der Waals surface area contributed by atoms with E-state index < -0.39 is 0 Å². The second kappa shape index (κ2) is 9.94. The Morgan fingerprint density at radius 2 is 2.00 bits per heavy atom. The van der Waals surface area contributed by atoms with Crippen LogP contribution in [-0.4, -0.2) is 39.9 Å². The third kappa shape index (κ3) is 5.98. The Labute approximate surface area is 161 Å². The molecule has 146 valence electrons. The highest BCUT2D eigenvalue weighted by Gasteiger charge is 2.16. The molecule has 0 aliphatic heterocycles. The highest BCUT2D eigenvalue weighted by atomic mass is 16.5. The van der Waals surface area contributed by atoms with E-state index in [1.807, 2.05) is 7.05 Å². The minimum atomic E-state index is 0.408. The fourth-order valence-electron chi connectivity index (χ4n) is 3.21. The number of rotatable bonds is 8. The number of hydrogen-bond donors (Lipinski definition) is 2. The zero-order valence-electron chi connectivity index (χ0n) is 16.3. The molecule has 1 aliphatic carbocycles. The number of ether oxygens (including phenoxy) is 1. The SMILES string of the molecule is CCNC(=NCc1ncnn1C)NCCc1ccc(OC2CCCC2)cc1. The van der Waals surface area contributed by atoms with Crippen molar-refractivity contribution < 1.29 is 4.74 Å². The maximum atomic E-state index is 6.02. The molecule has 1 fully saturated rings. The molecule has 0 saturated heterocycles. The second-order valence-corrected chi connectivity index (χ2v) is 6.84. The molecular formula is C20H30N6O. The fourth-order valence-corrected chi connectivity index (χ4v) is 3.21.